The summed E-state index contributed by atoms with van der Waals surface area (Å²) in [5.74, 6) is -0.526. The fraction of sp³-hybridized carbons (Fsp3) is 0.714. The average molecular weight is 267 g/mol. The topological polar surface area (TPSA) is 50.2 Å². The van der Waals surface area contributed by atoms with Gasteiger partial charge in [0.1, 0.15) is 0 Å². The first-order chi connectivity index (χ1) is 8.63. The summed E-state index contributed by atoms with van der Waals surface area (Å²) in [4.78, 5) is 16.9. The molecular weight excluding hydrogens is 246 g/mol. The number of aromatic nitrogens is 1. The normalized spacial score (nSPS) is 18.8. The molecule has 0 radical (unpaired) electrons. The Hall–Kier alpha value is -0.900. The predicted molar refractivity (Wildman–Crippen MR) is 73.3 cm³/mol. The minimum absolute atomic E-state index is 0.375. The van der Waals surface area contributed by atoms with E-state index in [1.807, 2.05) is 13.8 Å². The van der Waals surface area contributed by atoms with E-state index in [4.69, 9.17) is 0 Å². The Kier molecular flexibility index (Phi) is 4.38. The van der Waals surface area contributed by atoms with Gasteiger partial charge >= 0.3 is 5.97 Å². The molecule has 0 aliphatic heterocycles. The number of carboxylic acid groups (broad SMARTS) is 1. The molecule has 18 heavy (non-hydrogen) atoms. The third-order valence-electron chi connectivity index (χ3n) is 3.83. The molecular formula is C14H21NO2S. The van der Waals surface area contributed by atoms with Gasteiger partial charge in [0.2, 0.25) is 0 Å². The van der Waals surface area contributed by atoms with Gasteiger partial charge in [0, 0.05) is 10.8 Å². The van der Waals surface area contributed by atoms with Crippen molar-refractivity contribution in [2.24, 2.45) is 0 Å². The molecule has 0 aromatic carbocycles. The van der Waals surface area contributed by atoms with Crippen molar-refractivity contribution in [3.8, 4) is 0 Å². The van der Waals surface area contributed by atoms with Crippen LogP contribution in [0.4, 0.5) is 0 Å². The molecule has 1 aromatic rings. The lowest BCUT2D eigenvalue weighted by Gasteiger charge is -2.19. The van der Waals surface area contributed by atoms with Gasteiger partial charge in [-0.25, -0.2) is 4.98 Å². The Balaban J connectivity index is 2.22. The fourth-order valence-corrected chi connectivity index (χ4v) is 4.16. The van der Waals surface area contributed by atoms with Crippen LogP contribution in [-0.2, 0) is 4.79 Å². The monoisotopic (exact) mass is 267 g/mol. The molecule has 1 unspecified atom stereocenters. The second-order valence-corrected chi connectivity index (χ2v) is 6.20. The molecule has 1 aliphatic rings. The first-order valence-electron chi connectivity index (χ1n) is 6.83. The number of nitrogens with zero attached hydrogens (tertiary/aromatic N) is 1. The number of carboxylic acids is 1. The van der Waals surface area contributed by atoms with Crippen molar-refractivity contribution in [3.05, 3.63) is 15.6 Å². The van der Waals surface area contributed by atoms with Gasteiger partial charge < -0.3 is 5.11 Å². The number of thiazole rings is 1. The van der Waals surface area contributed by atoms with Crippen LogP contribution in [0.2, 0.25) is 0 Å². The highest BCUT2D eigenvalue weighted by atomic mass is 32.1. The maximum Gasteiger partial charge on any atom is 0.311 e. The van der Waals surface area contributed by atoms with E-state index in [9.17, 15) is 9.90 Å². The standard InChI is InChI=1S/C14H21NO2S/c1-3-11(14(16)17)12-9(2)15-13(18-12)10-7-5-4-6-8-10/h10-11H,3-8H2,1-2H3,(H,16,17). The van der Waals surface area contributed by atoms with Gasteiger partial charge in [-0.15, -0.1) is 11.3 Å². The van der Waals surface area contributed by atoms with Gasteiger partial charge in [-0.1, -0.05) is 26.2 Å². The SMILES string of the molecule is CCC(C(=O)O)c1sc(C2CCCCC2)nc1C. The fourth-order valence-electron chi connectivity index (χ4n) is 2.75. The van der Waals surface area contributed by atoms with E-state index in [0.717, 1.165) is 10.6 Å². The Labute approximate surface area is 112 Å². The second-order valence-electron chi connectivity index (χ2n) is 5.14. The van der Waals surface area contributed by atoms with Crippen LogP contribution in [0.25, 0.3) is 0 Å². The summed E-state index contributed by atoms with van der Waals surface area (Å²) in [6, 6.07) is 0. The molecule has 4 heteroatoms. The van der Waals surface area contributed by atoms with Crippen LogP contribution >= 0.6 is 11.3 Å². The maximum absolute atomic E-state index is 11.2. The van der Waals surface area contributed by atoms with E-state index < -0.39 is 5.97 Å². The maximum atomic E-state index is 11.2. The summed E-state index contributed by atoms with van der Waals surface area (Å²) >= 11 is 1.64. The molecule has 1 fully saturated rings. The minimum atomic E-state index is -0.723. The highest BCUT2D eigenvalue weighted by Gasteiger charge is 2.26. The number of hydrogen-bond donors (Lipinski definition) is 1. The molecule has 1 heterocycles. The summed E-state index contributed by atoms with van der Waals surface area (Å²) in [5, 5.41) is 10.4. The van der Waals surface area contributed by atoms with Crippen LogP contribution in [0.15, 0.2) is 0 Å². The van der Waals surface area contributed by atoms with Gasteiger partial charge in [-0.2, -0.15) is 0 Å². The molecule has 0 saturated heterocycles. The van der Waals surface area contributed by atoms with Crippen LogP contribution in [0.5, 0.6) is 0 Å². The Morgan fingerprint density at radius 1 is 1.44 bits per heavy atom. The Morgan fingerprint density at radius 3 is 2.67 bits per heavy atom. The summed E-state index contributed by atoms with van der Waals surface area (Å²) in [6.45, 7) is 3.88. The van der Waals surface area contributed by atoms with Gasteiger partial charge in [0.05, 0.1) is 16.6 Å². The first-order valence-corrected chi connectivity index (χ1v) is 7.65. The molecule has 1 N–H and O–H groups in total. The molecule has 1 aliphatic carbocycles. The number of hydrogen-bond acceptors (Lipinski definition) is 3. The molecule has 0 bridgehead atoms. The van der Waals surface area contributed by atoms with Crippen LogP contribution in [0.1, 0.15) is 72.9 Å². The molecule has 3 nitrogen and oxygen atoms in total. The van der Waals surface area contributed by atoms with Crippen LogP contribution in [0.3, 0.4) is 0 Å². The molecule has 100 valence electrons. The van der Waals surface area contributed by atoms with Crippen molar-refractivity contribution in [2.45, 2.75) is 64.2 Å². The molecule has 1 atom stereocenters. The van der Waals surface area contributed by atoms with Crippen molar-refractivity contribution >= 4 is 17.3 Å². The highest BCUT2D eigenvalue weighted by molar-refractivity contribution is 7.12. The molecule has 1 aromatic heterocycles. The average Bonchev–Trinajstić information content (AvgIpc) is 2.73. The van der Waals surface area contributed by atoms with Gasteiger partial charge in [-0.3, -0.25) is 4.79 Å². The summed E-state index contributed by atoms with van der Waals surface area (Å²) in [5.41, 5.74) is 0.926. The number of rotatable bonds is 4. The lowest BCUT2D eigenvalue weighted by atomic mass is 9.90. The summed E-state index contributed by atoms with van der Waals surface area (Å²) in [7, 11) is 0. The molecule has 0 amide bonds. The molecule has 2 rings (SSSR count). The van der Waals surface area contributed by atoms with E-state index >= 15 is 0 Å². The van der Waals surface area contributed by atoms with Gasteiger partial charge in [-0.05, 0) is 26.2 Å². The Bertz CT molecular complexity index is 421. The molecule has 0 spiro atoms. The quantitative estimate of drug-likeness (QED) is 0.894. The van der Waals surface area contributed by atoms with E-state index in [0.29, 0.717) is 12.3 Å². The Morgan fingerprint density at radius 2 is 2.11 bits per heavy atom. The van der Waals surface area contributed by atoms with Crippen molar-refractivity contribution in [3.63, 3.8) is 0 Å². The minimum Gasteiger partial charge on any atom is -0.481 e. The summed E-state index contributed by atoms with van der Waals surface area (Å²) < 4.78 is 0. The smallest absolute Gasteiger partial charge is 0.311 e. The van der Waals surface area contributed by atoms with Crippen molar-refractivity contribution < 1.29 is 9.90 Å². The van der Waals surface area contributed by atoms with Crippen molar-refractivity contribution in [2.75, 3.05) is 0 Å². The number of aryl methyl sites for hydroxylation is 1. The number of carbonyl (C=O) groups is 1. The van der Waals surface area contributed by atoms with E-state index in [1.165, 1.54) is 37.1 Å². The van der Waals surface area contributed by atoms with Crippen LogP contribution in [0, 0.1) is 6.92 Å². The van der Waals surface area contributed by atoms with Crippen molar-refractivity contribution in [1.82, 2.24) is 4.98 Å². The van der Waals surface area contributed by atoms with Crippen LogP contribution < -0.4 is 0 Å². The van der Waals surface area contributed by atoms with Gasteiger partial charge in [0.25, 0.3) is 0 Å². The zero-order chi connectivity index (χ0) is 13.1. The first kappa shape index (κ1) is 13.5. The molecule has 1 saturated carbocycles. The zero-order valence-electron chi connectivity index (χ0n) is 11.1. The third-order valence-corrected chi connectivity index (χ3v) is 5.26. The zero-order valence-corrected chi connectivity index (χ0v) is 11.9. The number of aliphatic carboxylic acids is 1. The second kappa shape index (κ2) is 5.83. The predicted octanol–water partition coefficient (Wildman–Crippen LogP) is 4.08. The van der Waals surface area contributed by atoms with E-state index in [1.54, 1.807) is 11.3 Å². The highest BCUT2D eigenvalue weighted by Crippen LogP contribution is 2.38. The van der Waals surface area contributed by atoms with Gasteiger partial charge in [0.15, 0.2) is 0 Å². The van der Waals surface area contributed by atoms with Crippen molar-refractivity contribution in [1.29, 1.82) is 0 Å². The largest absolute Gasteiger partial charge is 0.481 e. The third kappa shape index (κ3) is 2.74. The van der Waals surface area contributed by atoms with E-state index in [-0.39, 0.29) is 5.92 Å². The summed E-state index contributed by atoms with van der Waals surface area (Å²) in [6.07, 6.45) is 6.99. The van der Waals surface area contributed by atoms with E-state index in [2.05, 4.69) is 4.98 Å². The lowest BCUT2D eigenvalue weighted by Crippen LogP contribution is -2.09. The lowest BCUT2D eigenvalue weighted by molar-refractivity contribution is -0.138. The van der Waals surface area contributed by atoms with Crippen LogP contribution in [-0.4, -0.2) is 16.1 Å².